The van der Waals surface area contributed by atoms with Crippen LogP contribution in [0.1, 0.15) is 12.0 Å². The lowest BCUT2D eigenvalue weighted by molar-refractivity contribution is 0.437. The van der Waals surface area contributed by atoms with Crippen molar-refractivity contribution in [3.05, 3.63) is 40.9 Å². The van der Waals surface area contributed by atoms with E-state index in [1.165, 1.54) is 22.5 Å². The fraction of sp³-hybridized carbons (Fsp3) is 0.250. The van der Waals surface area contributed by atoms with Crippen LogP contribution in [0.5, 0.6) is 0 Å². The Kier molecular flexibility index (Phi) is 3.71. The SMILES string of the molecule is N#Cc1ccc(Cl)c(S(=O)(=O)N2CC=CCC2)c1. The van der Waals surface area contributed by atoms with Crippen LogP contribution in [-0.2, 0) is 10.0 Å². The van der Waals surface area contributed by atoms with E-state index in [1.54, 1.807) is 0 Å². The second-order valence-electron chi connectivity index (χ2n) is 3.88. The number of hydrogen-bond acceptors (Lipinski definition) is 3. The van der Waals surface area contributed by atoms with Gasteiger partial charge in [-0.3, -0.25) is 0 Å². The van der Waals surface area contributed by atoms with Crippen LogP contribution in [0.2, 0.25) is 5.02 Å². The molecule has 94 valence electrons. The molecule has 0 saturated carbocycles. The molecule has 0 fully saturated rings. The van der Waals surface area contributed by atoms with Gasteiger partial charge in [-0.25, -0.2) is 8.42 Å². The van der Waals surface area contributed by atoms with Crippen molar-refractivity contribution >= 4 is 21.6 Å². The van der Waals surface area contributed by atoms with Crippen LogP contribution in [-0.4, -0.2) is 25.8 Å². The van der Waals surface area contributed by atoms with E-state index in [0.717, 1.165) is 0 Å². The first-order valence-corrected chi connectivity index (χ1v) is 7.22. The van der Waals surface area contributed by atoms with Gasteiger partial charge in [0.2, 0.25) is 10.0 Å². The molecule has 1 heterocycles. The highest BCUT2D eigenvalue weighted by Crippen LogP contribution is 2.26. The molecule has 0 saturated heterocycles. The molecule has 1 aliphatic rings. The molecule has 0 amide bonds. The van der Waals surface area contributed by atoms with Crippen molar-refractivity contribution in [2.45, 2.75) is 11.3 Å². The van der Waals surface area contributed by atoms with Crippen LogP contribution in [0, 0.1) is 11.3 Å². The van der Waals surface area contributed by atoms with Gasteiger partial charge in [0, 0.05) is 13.1 Å². The number of nitriles is 1. The van der Waals surface area contributed by atoms with E-state index >= 15 is 0 Å². The molecular weight excluding hydrogens is 272 g/mol. The largest absolute Gasteiger partial charge is 0.244 e. The van der Waals surface area contributed by atoms with Gasteiger partial charge in [0.25, 0.3) is 0 Å². The van der Waals surface area contributed by atoms with E-state index in [9.17, 15) is 8.42 Å². The number of rotatable bonds is 2. The summed E-state index contributed by atoms with van der Waals surface area (Å²) in [7, 11) is -3.63. The van der Waals surface area contributed by atoms with Gasteiger partial charge in [-0.2, -0.15) is 9.57 Å². The molecule has 0 N–H and O–H groups in total. The van der Waals surface area contributed by atoms with Crippen LogP contribution in [0.15, 0.2) is 35.2 Å². The smallest absolute Gasteiger partial charge is 0.207 e. The number of sulfonamides is 1. The third-order valence-electron chi connectivity index (χ3n) is 2.70. The fourth-order valence-electron chi connectivity index (χ4n) is 1.75. The Morgan fingerprint density at radius 1 is 1.33 bits per heavy atom. The molecule has 0 bridgehead atoms. The monoisotopic (exact) mass is 282 g/mol. The lowest BCUT2D eigenvalue weighted by Gasteiger charge is -2.23. The maximum absolute atomic E-state index is 12.4. The molecule has 6 heteroatoms. The molecule has 1 aromatic carbocycles. The van der Waals surface area contributed by atoms with Crippen molar-refractivity contribution in [1.82, 2.24) is 4.31 Å². The molecule has 0 spiro atoms. The molecule has 2 rings (SSSR count). The van der Waals surface area contributed by atoms with Crippen molar-refractivity contribution < 1.29 is 8.42 Å². The summed E-state index contributed by atoms with van der Waals surface area (Å²) in [6.07, 6.45) is 4.44. The Bertz CT molecular complexity index is 632. The van der Waals surface area contributed by atoms with E-state index in [1.807, 2.05) is 18.2 Å². The number of nitrogens with zero attached hydrogens (tertiary/aromatic N) is 2. The minimum Gasteiger partial charge on any atom is -0.207 e. The Hall–Kier alpha value is -1.35. The van der Waals surface area contributed by atoms with Gasteiger partial charge in [-0.15, -0.1) is 0 Å². The van der Waals surface area contributed by atoms with Crippen LogP contribution in [0.25, 0.3) is 0 Å². The Balaban J connectivity index is 2.47. The zero-order valence-electron chi connectivity index (χ0n) is 9.51. The van der Waals surface area contributed by atoms with Gasteiger partial charge >= 0.3 is 0 Å². The van der Waals surface area contributed by atoms with Crippen molar-refractivity contribution in [2.75, 3.05) is 13.1 Å². The van der Waals surface area contributed by atoms with Gasteiger partial charge < -0.3 is 0 Å². The molecular formula is C12H11ClN2O2S. The van der Waals surface area contributed by atoms with Gasteiger partial charge in [0.05, 0.1) is 16.7 Å². The van der Waals surface area contributed by atoms with Crippen LogP contribution in [0.3, 0.4) is 0 Å². The van der Waals surface area contributed by atoms with Crippen molar-refractivity contribution in [2.24, 2.45) is 0 Å². The van der Waals surface area contributed by atoms with Crippen molar-refractivity contribution in [3.63, 3.8) is 0 Å². The summed E-state index contributed by atoms with van der Waals surface area (Å²) in [4.78, 5) is -0.00137. The first kappa shape index (κ1) is 13.1. The summed E-state index contributed by atoms with van der Waals surface area (Å²) in [5.41, 5.74) is 0.283. The molecule has 1 aliphatic heterocycles. The summed E-state index contributed by atoms with van der Waals surface area (Å²) in [5, 5.41) is 8.96. The Morgan fingerprint density at radius 2 is 2.11 bits per heavy atom. The first-order chi connectivity index (χ1) is 8.55. The minimum absolute atomic E-state index is 0.00137. The second-order valence-corrected chi connectivity index (χ2v) is 6.19. The van der Waals surface area contributed by atoms with Gasteiger partial charge in [-0.1, -0.05) is 23.8 Å². The molecule has 0 radical (unpaired) electrons. The standard InChI is InChI=1S/C12H11ClN2O2S/c13-11-5-4-10(9-14)8-12(11)18(16,17)15-6-2-1-3-7-15/h1-2,4-5,8H,3,6-7H2. The zero-order chi connectivity index (χ0) is 13.2. The minimum atomic E-state index is -3.63. The Labute approximate surface area is 111 Å². The first-order valence-electron chi connectivity index (χ1n) is 5.40. The maximum atomic E-state index is 12.4. The Morgan fingerprint density at radius 3 is 2.72 bits per heavy atom. The van der Waals surface area contributed by atoms with Crippen LogP contribution >= 0.6 is 11.6 Å². The highest BCUT2D eigenvalue weighted by atomic mass is 35.5. The highest BCUT2D eigenvalue weighted by molar-refractivity contribution is 7.89. The zero-order valence-corrected chi connectivity index (χ0v) is 11.1. The van der Waals surface area contributed by atoms with Gasteiger partial charge in [0.15, 0.2) is 0 Å². The van der Waals surface area contributed by atoms with E-state index < -0.39 is 10.0 Å². The van der Waals surface area contributed by atoms with Gasteiger partial charge in [0.1, 0.15) is 4.90 Å². The summed E-state index contributed by atoms with van der Waals surface area (Å²) >= 11 is 5.92. The van der Waals surface area contributed by atoms with Crippen molar-refractivity contribution in [1.29, 1.82) is 5.26 Å². The number of halogens is 1. The predicted molar refractivity (Wildman–Crippen MR) is 68.7 cm³/mol. The molecule has 4 nitrogen and oxygen atoms in total. The van der Waals surface area contributed by atoms with E-state index in [0.29, 0.717) is 19.5 Å². The average Bonchev–Trinajstić information content (AvgIpc) is 2.40. The summed E-state index contributed by atoms with van der Waals surface area (Å²) in [6.45, 7) is 0.779. The molecule has 1 aromatic rings. The molecule has 0 aliphatic carbocycles. The number of benzene rings is 1. The fourth-order valence-corrected chi connectivity index (χ4v) is 3.65. The van der Waals surface area contributed by atoms with E-state index in [-0.39, 0.29) is 15.5 Å². The predicted octanol–water partition coefficient (Wildman–Crippen LogP) is 2.16. The van der Waals surface area contributed by atoms with Crippen LogP contribution in [0.4, 0.5) is 0 Å². The highest BCUT2D eigenvalue weighted by Gasteiger charge is 2.26. The van der Waals surface area contributed by atoms with Gasteiger partial charge in [-0.05, 0) is 24.6 Å². The third-order valence-corrected chi connectivity index (χ3v) is 5.05. The number of hydrogen-bond donors (Lipinski definition) is 0. The quantitative estimate of drug-likeness (QED) is 0.781. The molecule has 18 heavy (non-hydrogen) atoms. The van der Waals surface area contributed by atoms with Crippen molar-refractivity contribution in [3.8, 4) is 6.07 Å². The summed E-state index contributed by atoms with van der Waals surface area (Å²) in [5.74, 6) is 0. The molecule has 0 atom stereocenters. The van der Waals surface area contributed by atoms with Crippen LogP contribution < -0.4 is 0 Å². The third kappa shape index (κ3) is 2.41. The van der Waals surface area contributed by atoms with E-state index in [4.69, 9.17) is 16.9 Å². The lowest BCUT2D eigenvalue weighted by atomic mass is 10.2. The average molecular weight is 283 g/mol. The lowest BCUT2D eigenvalue weighted by Crippen LogP contribution is -2.34. The normalized spacial score (nSPS) is 16.4. The molecule has 0 unspecified atom stereocenters. The topological polar surface area (TPSA) is 61.2 Å². The summed E-state index contributed by atoms with van der Waals surface area (Å²) in [6, 6.07) is 6.16. The maximum Gasteiger partial charge on any atom is 0.244 e. The second kappa shape index (κ2) is 5.11. The molecule has 0 aromatic heterocycles. The summed E-state index contributed by atoms with van der Waals surface area (Å²) < 4.78 is 26.1. The van der Waals surface area contributed by atoms with E-state index in [2.05, 4.69) is 0 Å².